The molecule has 0 radical (unpaired) electrons. The summed E-state index contributed by atoms with van der Waals surface area (Å²) in [6.07, 6.45) is 2.39. The zero-order valence-corrected chi connectivity index (χ0v) is 11.9. The maximum atomic E-state index is 11.3. The van der Waals surface area contributed by atoms with E-state index < -0.39 is 5.97 Å². The summed E-state index contributed by atoms with van der Waals surface area (Å²) in [5.74, 6) is 0.709. The van der Waals surface area contributed by atoms with Gasteiger partial charge in [0.1, 0.15) is 5.82 Å². The van der Waals surface area contributed by atoms with E-state index in [4.69, 9.17) is 0 Å². The molecule has 104 valence electrons. The molecule has 0 spiro atoms. The van der Waals surface area contributed by atoms with Crippen LogP contribution in [0.5, 0.6) is 0 Å². The molecular weight excluding hydrogens is 252 g/mol. The first-order chi connectivity index (χ1) is 9.47. The Morgan fingerprint density at radius 2 is 1.95 bits per heavy atom. The molecule has 1 fully saturated rings. The molecule has 2 N–H and O–H groups in total. The third-order valence-corrected chi connectivity index (χ3v) is 3.92. The standard InChI is InChI=1S/C16H18N2O2/c1-8-6-9(2)13(16(19)20)7-12(8)14-10(3)17-15(18-14)11-4-5-11/h6-7,11H,4-5H2,1-3H3,(H,17,18)(H,19,20). The average molecular weight is 270 g/mol. The van der Waals surface area contributed by atoms with Gasteiger partial charge in [0.25, 0.3) is 0 Å². The Hall–Kier alpha value is -2.10. The van der Waals surface area contributed by atoms with E-state index in [0.29, 0.717) is 11.5 Å². The van der Waals surface area contributed by atoms with Crippen LogP contribution in [0.25, 0.3) is 11.3 Å². The number of hydrogen-bond donors (Lipinski definition) is 2. The van der Waals surface area contributed by atoms with Crippen molar-refractivity contribution in [2.24, 2.45) is 0 Å². The molecule has 1 aromatic heterocycles. The molecule has 1 heterocycles. The highest BCUT2D eigenvalue weighted by Crippen LogP contribution is 2.40. The fourth-order valence-electron chi connectivity index (χ4n) is 2.63. The highest BCUT2D eigenvalue weighted by atomic mass is 16.4. The van der Waals surface area contributed by atoms with Gasteiger partial charge >= 0.3 is 5.97 Å². The minimum Gasteiger partial charge on any atom is -0.478 e. The van der Waals surface area contributed by atoms with Crippen molar-refractivity contribution >= 4 is 5.97 Å². The molecule has 0 atom stereocenters. The fraction of sp³-hybridized carbons (Fsp3) is 0.375. The number of aryl methyl sites for hydroxylation is 3. The lowest BCUT2D eigenvalue weighted by Crippen LogP contribution is -2.01. The summed E-state index contributed by atoms with van der Waals surface area (Å²) in [5, 5.41) is 9.27. The van der Waals surface area contributed by atoms with E-state index in [9.17, 15) is 9.90 Å². The van der Waals surface area contributed by atoms with Crippen LogP contribution >= 0.6 is 0 Å². The number of benzene rings is 1. The number of nitrogens with one attached hydrogen (secondary N) is 1. The molecule has 0 saturated heterocycles. The number of carbonyl (C=O) groups is 1. The van der Waals surface area contributed by atoms with Crippen molar-refractivity contribution in [3.63, 3.8) is 0 Å². The van der Waals surface area contributed by atoms with Gasteiger partial charge in [-0.2, -0.15) is 0 Å². The summed E-state index contributed by atoms with van der Waals surface area (Å²) in [5.41, 5.74) is 5.00. The Kier molecular flexibility index (Phi) is 2.89. The van der Waals surface area contributed by atoms with Gasteiger partial charge in [-0.25, -0.2) is 9.78 Å². The Balaban J connectivity index is 2.13. The summed E-state index contributed by atoms with van der Waals surface area (Å²) in [6.45, 7) is 5.82. The summed E-state index contributed by atoms with van der Waals surface area (Å²) in [4.78, 5) is 19.3. The number of aromatic amines is 1. The van der Waals surface area contributed by atoms with Gasteiger partial charge in [0.2, 0.25) is 0 Å². The maximum Gasteiger partial charge on any atom is 0.335 e. The molecule has 3 rings (SSSR count). The van der Waals surface area contributed by atoms with Crippen LogP contribution in [-0.2, 0) is 0 Å². The number of nitrogens with zero attached hydrogens (tertiary/aromatic N) is 1. The van der Waals surface area contributed by atoms with Crippen LogP contribution in [0.15, 0.2) is 12.1 Å². The Morgan fingerprint density at radius 1 is 1.25 bits per heavy atom. The quantitative estimate of drug-likeness (QED) is 0.895. The molecule has 0 aliphatic heterocycles. The molecule has 1 aromatic carbocycles. The average Bonchev–Trinajstić information content (AvgIpc) is 3.13. The smallest absolute Gasteiger partial charge is 0.335 e. The van der Waals surface area contributed by atoms with Crippen LogP contribution in [0.3, 0.4) is 0 Å². The number of rotatable bonds is 3. The van der Waals surface area contributed by atoms with Gasteiger partial charge in [-0.05, 0) is 50.8 Å². The zero-order valence-electron chi connectivity index (χ0n) is 11.9. The van der Waals surface area contributed by atoms with Crippen LogP contribution < -0.4 is 0 Å². The normalized spacial score (nSPS) is 14.6. The first-order valence-corrected chi connectivity index (χ1v) is 6.88. The number of hydrogen-bond acceptors (Lipinski definition) is 2. The van der Waals surface area contributed by atoms with Crippen LogP contribution in [-0.4, -0.2) is 21.0 Å². The number of aromatic carboxylic acids is 1. The molecule has 0 unspecified atom stereocenters. The lowest BCUT2D eigenvalue weighted by Gasteiger charge is -2.08. The predicted molar refractivity (Wildman–Crippen MR) is 77.2 cm³/mol. The van der Waals surface area contributed by atoms with Crippen LogP contribution in [0.4, 0.5) is 0 Å². The maximum absolute atomic E-state index is 11.3. The summed E-state index contributed by atoms with van der Waals surface area (Å²) >= 11 is 0. The van der Waals surface area contributed by atoms with Crippen LogP contribution in [0, 0.1) is 20.8 Å². The number of aromatic nitrogens is 2. The van der Waals surface area contributed by atoms with Gasteiger partial charge in [0.15, 0.2) is 0 Å². The van der Waals surface area contributed by atoms with Crippen molar-refractivity contribution in [2.75, 3.05) is 0 Å². The van der Waals surface area contributed by atoms with Gasteiger partial charge in [-0.1, -0.05) is 6.07 Å². The first-order valence-electron chi connectivity index (χ1n) is 6.88. The second-order valence-electron chi connectivity index (χ2n) is 5.66. The Labute approximate surface area is 117 Å². The Morgan fingerprint density at radius 3 is 2.55 bits per heavy atom. The minimum absolute atomic E-state index is 0.348. The molecule has 20 heavy (non-hydrogen) atoms. The molecule has 1 aliphatic carbocycles. The van der Waals surface area contributed by atoms with Crippen molar-refractivity contribution < 1.29 is 9.90 Å². The third kappa shape index (κ3) is 2.11. The molecule has 4 nitrogen and oxygen atoms in total. The van der Waals surface area contributed by atoms with E-state index in [1.807, 2.05) is 26.8 Å². The third-order valence-electron chi connectivity index (χ3n) is 3.92. The van der Waals surface area contributed by atoms with Gasteiger partial charge in [0.05, 0.1) is 11.3 Å². The number of imidazole rings is 1. The van der Waals surface area contributed by atoms with Crippen molar-refractivity contribution in [2.45, 2.75) is 39.5 Å². The topological polar surface area (TPSA) is 66.0 Å². The molecule has 2 aromatic rings. The van der Waals surface area contributed by atoms with Crippen LogP contribution in [0.1, 0.15) is 51.8 Å². The lowest BCUT2D eigenvalue weighted by atomic mass is 9.97. The van der Waals surface area contributed by atoms with E-state index in [0.717, 1.165) is 33.9 Å². The largest absolute Gasteiger partial charge is 0.478 e. The number of carboxylic acid groups (broad SMARTS) is 1. The molecule has 0 bridgehead atoms. The van der Waals surface area contributed by atoms with Crippen LogP contribution in [0.2, 0.25) is 0 Å². The molecule has 1 aliphatic rings. The second kappa shape index (κ2) is 4.47. The lowest BCUT2D eigenvalue weighted by molar-refractivity contribution is 0.0696. The second-order valence-corrected chi connectivity index (χ2v) is 5.66. The highest BCUT2D eigenvalue weighted by molar-refractivity contribution is 5.91. The predicted octanol–water partition coefficient (Wildman–Crippen LogP) is 3.58. The molecule has 4 heteroatoms. The molecule has 0 amide bonds. The van der Waals surface area contributed by atoms with Crippen molar-refractivity contribution in [1.29, 1.82) is 0 Å². The fourth-order valence-corrected chi connectivity index (χ4v) is 2.63. The molecular formula is C16H18N2O2. The number of H-pyrrole nitrogens is 1. The van der Waals surface area contributed by atoms with Crippen molar-refractivity contribution in [1.82, 2.24) is 9.97 Å². The summed E-state index contributed by atoms with van der Waals surface area (Å²) < 4.78 is 0. The SMILES string of the molecule is Cc1cc(C)c(-c2nc(C3CC3)[nH]c2C)cc1C(=O)O. The van der Waals surface area contributed by atoms with E-state index in [1.54, 1.807) is 6.07 Å². The monoisotopic (exact) mass is 270 g/mol. The Bertz CT molecular complexity index is 697. The van der Waals surface area contributed by atoms with E-state index in [2.05, 4.69) is 9.97 Å². The van der Waals surface area contributed by atoms with E-state index in [-0.39, 0.29) is 0 Å². The minimum atomic E-state index is -0.889. The van der Waals surface area contributed by atoms with Crippen molar-refractivity contribution in [3.8, 4) is 11.3 Å². The van der Waals surface area contributed by atoms with Gasteiger partial charge in [0, 0.05) is 17.2 Å². The van der Waals surface area contributed by atoms with Gasteiger partial charge < -0.3 is 10.1 Å². The highest BCUT2D eigenvalue weighted by Gasteiger charge is 2.28. The van der Waals surface area contributed by atoms with Gasteiger partial charge in [-0.15, -0.1) is 0 Å². The zero-order chi connectivity index (χ0) is 14.4. The van der Waals surface area contributed by atoms with Gasteiger partial charge in [-0.3, -0.25) is 0 Å². The van der Waals surface area contributed by atoms with E-state index in [1.165, 1.54) is 12.8 Å². The summed E-state index contributed by atoms with van der Waals surface area (Å²) in [6, 6.07) is 3.66. The van der Waals surface area contributed by atoms with E-state index >= 15 is 0 Å². The molecule has 1 saturated carbocycles. The first kappa shape index (κ1) is 12.9. The summed E-state index contributed by atoms with van der Waals surface area (Å²) in [7, 11) is 0. The number of carboxylic acids is 1. The van der Waals surface area contributed by atoms with Crippen molar-refractivity contribution in [3.05, 3.63) is 40.3 Å².